The summed E-state index contributed by atoms with van der Waals surface area (Å²) in [6, 6.07) is 8.99. The van der Waals surface area contributed by atoms with Gasteiger partial charge in [-0.25, -0.2) is 0 Å². The fourth-order valence-electron chi connectivity index (χ4n) is 2.90. The summed E-state index contributed by atoms with van der Waals surface area (Å²) in [6.45, 7) is 5.64. The Labute approximate surface area is 144 Å². The molecule has 1 N–H and O–H groups in total. The zero-order chi connectivity index (χ0) is 18.0. The number of aromatic nitrogens is 3. The van der Waals surface area contributed by atoms with E-state index in [1.54, 1.807) is 13.8 Å². The highest BCUT2D eigenvalue weighted by molar-refractivity contribution is 5.81. The fraction of sp³-hybridized carbons (Fsp3) is 0.333. The molecule has 3 rings (SSSR count). The molecule has 0 aliphatic heterocycles. The van der Waals surface area contributed by atoms with Gasteiger partial charge in [0.05, 0.1) is 5.69 Å². The van der Waals surface area contributed by atoms with E-state index in [1.807, 2.05) is 37.3 Å². The second-order valence-corrected chi connectivity index (χ2v) is 5.91. The monoisotopic (exact) mass is 340 g/mol. The van der Waals surface area contributed by atoms with E-state index < -0.39 is 6.04 Å². The Hall–Kier alpha value is -2.96. The van der Waals surface area contributed by atoms with Gasteiger partial charge in [-0.3, -0.25) is 14.2 Å². The van der Waals surface area contributed by atoms with Crippen LogP contribution in [0, 0.1) is 13.8 Å². The molecule has 0 spiro atoms. The van der Waals surface area contributed by atoms with Crippen molar-refractivity contribution < 1.29 is 9.32 Å². The number of aryl methyl sites for hydroxylation is 2. The lowest BCUT2D eigenvalue weighted by molar-refractivity contribution is -0.124. The number of carbonyl (C=O) groups excluding carboxylic acids is 1. The average Bonchev–Trinajstić information content (AvgIpc) is 2.98. The lowest BCUT2D eigenvalue weighted by Crippen LogP contribution is -2.38. The molecule has 130 valence electrons. The predicted molar refractivity (Wildman–Crippen MR) is 93.2 cm³/mol. The molecule has 0 bridgehead atoms. The standard InChI is InChI=1S/C18H20N4O3/c1-4-14(16(23)19-10-13-8-6-5-7-9-13)22-12(3)20-17-15(18(22)24)11(2)21-25-17/h5-9,14H,4,10H2,1-3H3,(H,19,23). The Bertz CT molecular complexity index is 960. The topological polar surface area (TPSA) is 90.0 Å². The van der Waals surface area contributed by atoms with Gasteiger partial charge in [0.15, 0.2) is 0 Å². The SMILES string of the molecule is CCC(C(=O)NCc1ccccc1)n1c(C)nc2onc(C)c2c1=O. The van der Waals surface area contributed by atoms with Gasteiger partial charge in [-0.15, -0.1) is 0 Å². The van der Waals surface area contributed by atoms with Crippen LogP contribution in [0.25, 0.3) is 11.1 Å². The summed E-state index contributed by atoms with van der Waals surface area (Å²) >= 11 is 0. The molecule has 0 saturated heterocycles. The van der Waals surface area contributed by atoms with Crippen LogP contribution < -0.4 is 10.9 Å². The normalized spacial score (nSPS) is 12.3. The smallest absolute Gasteiger partial charge is 0.267 e. The van der Waals surface area contributed by atoms with E-state index in [0.29, 0.717) is 29.9 Å². The summed E-state index contributed by atoms with van der Waals surface area (Å²) in [6.07, 6.45) is 0.471. The van der Waals surface area contributed by atoms with Crippen LogP contribution in [0.3, 0.4) is 0 Å². The molecule has 0 radical (unpaired) electrons. The van der Waals surface area contributed by atoms with Gasteiger partial charge in [0, 0.05) is 6.54 Å². The van der Waals surface area contributed by atoms with Gasteiger partial charge in [-0.2, -0.15) is 4.98 Å². The Morgan fingerprint density at radius 1 is 1.28 bits per heavy atom. The first kappa shape index (κ1) is 16.9. The lowest BCUT2D eigenvalue weighted by atomic mass is 10.1. The van der Waals surface area contributed by atoms with E-state index in [4.69, 9.17) is 4.52 Å². The molecule has 3 aromatic rings. The van der Waals surface area contributed by atoms with Crippen molar-refractivity contribution in [3.63, 3.8) is 0 Å². The van der Waals surface area contributed by atoms with Crippen LogP contribution in [0.5, 0.6) is 0 Å². The molecule has 1 amide bonds. The summed E-state index contributed by atoms with van der Waals surface area (Å²) in [5.41, 5.74) is 1.37. The zero-order valence-corrected chi connectivity index (χ0v) is 14.4. The van der Waals surface area contributed by atoms with Gasteiger partial charge in [0.2, 0.25) is 5.91 Å². The number of carbonyl (C=O) groups is 1. The number of nitrogens with zero attached hydrogens (tertiary/aromatic N) is 3. The second kappa shape index (κ2) is 6.88. The molecule has 0 saturated carbocycles. The first-order chi connectivity index (χ1) is 12.0. The third-order valence-electron chi connectivity index (χ3n) is 4.20. The van der Waals surface area contributed by atoms with E-state index in [2.05, 4.69) is 15.5 Å². The maximum atomic E-state index is 12.9. The fourth-order valence-corrected chi connectivity index (χ4v) is 2.90. The molecule has 1 unspecified atom stereocenters. The highest BCUT2D eigenvalue weighted by Gasteiger charge is 2.24. The maximum Gasteiger partial charge on any atom is 0.267 e. The van der Waals surface area contributed by atoms with Crippen molar-refractivity contribution in [3.05, 3.63) is 57.8 Å². The third kappa shape index (κ3) is 3.17. The molecule has 1 atom stereocenters. The number of amides is 1. The number of hydrogen-bond acceptors (Lipinski definition) is 5. The number of fused-ring (bicyclic) bond motifs is 1. The number of nitrogens with one attached hydrogen (secondary N) is 1. The molecular weight excluding hydrogens is 320 g/mol. The minimum atomic E-state index is -0.637. The van der Waals surface area contributed by atoms with E-state index in [1.165, 1.54) is 4.57 Å². The summed E-state index contributed by atoms with van der Waals surface area (Å²) in [5.74, 6) is 0.210. The predicted octanol–water partition coefficient (Wildman–Crippen LogP) is 2.27. The lowest BCUT2D eigenvalue weighted by Gasteiger charge is -2.19. The molecule has 7 heteroatoms. The summed E-state index contributed by atoms with van der Waals surface area (Å²) in [7, 11) is 0. The summed E-state index contributed by atoms with van der Waals surface area (Å²) in [4.78, 5) is 29.8. The molecule has 2 heterocycles. The number of benzene rings is 1. The van der Waals surface area contributed by atoms with Gasteiger partial charge in [-0.05, 0) is 25.8 Å². The Balaban J connectivity index is 1.92. The highest BCUT2D eigenvalue weighted by Crippen LogP contribution is 2.17. The first-order valence-electron chi connectivity index (χ1n) is 8.19. The van der Waals surface area contributed by atoms with Crippen molar-refractivity contribution >= 4 is 17.0 Å². The van der Waals surface area contributed by atoms with Gasteiger partial charge >= 0.3 is 0 Å². The van der Waals surface area contributed by atoms with E-state index in [0.717, 1.165) is 5.56 Å². The molecule has 25 heavy (non-hydrogen) atoms. The Kier molecular flexibility index (Phi) is 4.65. The van der Waals surface area contributed by atoms with Crippen LogP contribution in [-0.4, -0.2) is 20.6 Å². The van der Waals surface area contributed by atoms with Crippen LogP contribution >= 0.6 is 0 Å². The van der Waals surface area contributed by atoms with E-state index >= 15 is 0 Å². The van der Waals surface area contributed by atoms with Gasteiger partial charge < -0.3 is 9.84 Å². The molecule has 0 aliphatic carbocycles. The highest BCUT2D eigenvalue weighted by atomic mass is 16.5. The minimum Gasteiger partial charge on any atom is -0.350 e. The maximum absolute atomic E-state index is 12.9. The molecule has 0 aliphatic rings. The first-order valence-corrected chi connectivity index (χ1v) is 8.19. The molecular formula is C18H20N4O3. The second-order valence-electron chi connectivity index (χ2n) is 5.91. The van der Waals surface area contributed by atoms with Crippen molar-refractivity contribution in [2.24, 2.45) is 0 Å². The summed E-state index contributed by atoms with van der Waals surface area (Å²) < 4.78 is 6.49. The minimum absolute atomic E-state index is 0.204. The average molecular weight is 340 g/mol. The Morgan fingerprint density at radius 3 is 2.68 bits per heavy atom. The zero-order valence-electron chi connectivity index (χ0n) is 14.4. The summed E-state index contributed by atoms with van der Waals surface area (Å²) in [5, 5.41) is 7.01. The largest absolute Gasteiger partial charge is 0.350 e. The third-order valence-corrected chi connectivity index (χ3v) is 4.20. The quantitative estimate of drug-likeness (QED) is 0.769. The number of rotatable bonds is 5. The van der Waals surface area contributed by atoms with E-state index in [9.17, 15) is 9.59 Å². The Morgan fingerprint density at radius 2 is 2.00 bits per heavy atom. The van der Waals surface area contributed by atoms with Crippen molar-refractivity contribution in [2.45, 2.75) is 39.8 Å². The molecule has 1 aromatic carbocycles. The van der Waals surface area contributed by atoms with Crippen molar-refractivity contribution in [1.29, 1.82) is 0 Å². The van der Waals surface area contributed by atoms with Crippen LogP contribution in [-0.2, 0) is 11.3 Å². The van der Waals surface area contributed by atoms with Crippen molar-refractivity contribution in [2.75, 3.05) is 0 Å². The van der Waals surface area contributed by atoms with Gasteiger partial charge in [0.25, 0.3) is 11.3 Å². The van der Waals surface area contributed by atoms with Crippen LogP contribution in [0.1, 0.15) is 36.5 Å². The van der Waals surface area contributed by atoms with Gasteiger partial charge in [0.1, 0.15) is 17.3 Å². The van der Waals surface area contributed by atoms with Gasteiger partial charge in [-0.1, -0.05) is 42.4 Å². The van der Waals surface area contributed by atoms with E-state index in [-0.39, 0.29) is 17.2 Å². The number of hydrogen-bond donors (Lipinski definition) is 1. The molecule has 0 fully saturated rings. The van der Waals surface area contributed by atoms with Crippen molar-refractivity contribution in [1.82, 2.24) is 20.0 Å². The van der Waals surface area contributed by atoms with Crippen LogP contribution in [0.15, 0.2) is 39.6 Å². The van der Waals surface area contributed by atoms with Crippen LogP contribution in [0.4, 0.5) is 0 Å². The molecule has 7 nitrogen and oxygen atoms in total. The van der Waals surface area contributed by atoms with Crippen LogP contribution in [0.2, 0.25) is 0 Å². The van der Waals surface area contributed by atoms with Crippen molar-refractivity contribution in [3.8, 4) is 0 Å². The molecule has 2 aromatic heterocycles.